The van der Waals surface area contributed by atoms with Crippen LogP contribution in [0.15, 0.2) is 47.8 Å². The second-order valence-electron chi connectivity index (χ2n) is 6.60. The summed E-state index contributed by atoms with van der Waals surface area (Å²) in [7, 11) is 1.74. The molecule has 0 saturated heterocycles. The van der Waals surface area contributed by atoms with E-state index >= 15 is 0 Å². The molecule has 0 aliphatic heterocycles. The highest BCUT2D eigenvalue weighted by molar-refractivity contribution is 7.13. The molecule has 7 heteroatoms. The van der Waals surface area contributed by atoms with E-state index in [0.717, 1.165) is 23.8 Å². The van der Waals surface area contributed by atoms with Crippen molar-refractivity contribution in [3.05, 3.63) is 70.7 Å². The average molecular weight is 402 g/mol. The molecule has 3 rings (SSSR count). The molecule has 0 fully saturated rings. The van der Waals surface area contributed by atoms with Gasteiger partial charge in [-0.05, 0) is 44.2 Å². The Bertz CT molecular complexity index is 988. The van der Waals surface area contributed by atoms with Crippen LogP contribution in [0.4, 0.5) is 8.78 Å². The molecule has 1 amide bonds. The minimum atomic E-state index is -0.519. The van der Waals surface area contributed by atoms with Crippen LogP contribution in [0.2, 0.25) is 0 Å². The molecule has 28 heavy (non-hydrogen) atoms. The summed E-state index contributed by atoms with van der Waals surface area (Å²) in [5.41, 5.74) is 1.32. The summed E-state index contributed by atoms with van der Waals surface area (Å²) in [6.45, 7) is 3.79. The number of aromatic nitrogens is 1. The number of amides is 1. The summed E-state index contributed by atoms with van der Waals surface area (Å²) >= 11 is 1.36. The van der Waals surface area contributed by atoms with Crippen LogP contribution >= 0.6 is 11.3 Å². The predicted molar refractivity (Wildman–Crippen MR) is 105 cm³/mol. The Labute approximate surface area is 166 Å². The van der Waals surface area contributed by atoms with Gasteiger partial charge in [0.2, 0.25) is 0 Å². The number of thiazole rings is 1. The van der Waals surface area contributed by atoms with E-state index in [1.807, 2.05) is 19.9 Å². The second kappa shape index (κ2) is 8.48. The van der Waals surface area contributed by atoms with Crippen molar-refractivity contribution >= 4 is 17.2 Å². The molecule has 4 nitrogen and oxygen atoms in total. The van der Waals surface area contributed by atoms with Crippen LogP contribution in [0, 0.1) is 11.6 Å². The third-order valence-electron chi connectivity index (χ3n) is 4.30. The number of benzene rings is 2. The standard InChI is InChI=1S/C21H20F2N2O2S/c1-13(2)25(3)21(26)19-12-28-20(24-19)14-5-4-6-17(10-14)27-11-15-9-16(22)7-8-18(15)23/h4-10,12-13H,11H2,1-3H3. The quantitative estimate of drug-likeness (QED) is 0.573. The number of carbonyl (C=O) groups is 1. The zero-order valence-corrected chi connectivity index (χ0v) is 16.6. The van der Waals surface area contributed by atoms with Gasteiger partial charge in [0.15, 0.2) is 0 Å². The highest BCUT2D eigenvalue weighted by atomic mass is 32.1. The van der Waals surface area contributed by atoms with E-state index in [1.54, 1.807) is 35.5 Å². The van der Waals surface area contributed by atoms with E-state index in [1.165, 1.54) is 11.3 Å². The van der Waals surface area contributed by atoms with Gasteiger partial charge in [0.1, 0.15) is 34.7 Å². The Morgan fingerprint density at radius 1 is 1.21 bits per heavy atom. The Kier molecular flexibility index (Phi) is 6.04. The SMILES string of the molecule is CC(C)N(C)C(=O)c1csc(-c2cccc(OCc3cc(F)ccc3F)c2)n1. The van der Waals surface area contributed by atoms with E-state index in [4.69, 9.17) is 4.74 Å². The molecule has 2 aromatic carbocycles. The Balaban J connectivity index is 1.75. The molecule has 1 heterocycles. The first-order valence-electron chi connectivity index (χ1n) is 8.75. The van der Waals surface area contributed by atoms with Crippen LogP contribution in [0.5, 0.6) is 5.75 Å². The maximum atomic E-state index is 13.7. The fourth-order valence-corrected chi connectivity index (χ4v) is 3.24. The van der Waals surface area contributed by atoms with Gasteiger partial charge in [0.25, 0.3) is 5.91 Å². The van der Waals surface area contributed by atoms with Gasteiger partial charge in [-0.25, -0.2) is 13.8 Å². The topological polar surface area (TPSA) is 42.4 Å². The number of hydrogen-bond donors (Lipinski definition) is 0. The molecule has 0 atom stereocenters. The molecule has 0 spiro atoms. The molecule has 3 aromatic rings. The van der Waals surface area contributed by atoms with Crippen molar-refractivity contribution in [2.45, 2.75) is 26.5 Å². The zero-order chi connectivity index (χ0) is 20.3. The van der Waals surface area contributed by atoms with Crippen molar-refractivity contribution in [3.63, 3.8) is 0 Å². The zero-order valence-electron chi connectivity index (χ0n) is 15.8. The third kappa shape index (κ3) is 4.54. The molecule has 0 bridgehead atoms. The fraction of sp³-hybridized carbons (Fsp3) is 0.238. The van der Waals surface area contributed by atoms with E-state index in [2.05, 4.69) is 4.98 Å². The van der Waals surface area contributed by atoms with Gasteiger partial charge in [-0.3, -0.25) is 4.79 Å². The minimum Gasteiger partial charge on any atom is -0.489 e. The van der Waals surface area contributed by atoms with Crippen LogP contribution in [-0.2, 0) is 6.61 Å². The number of nitrogens with zero attached hydrogens (tertiary/aromatic N) is 2. The summed E-state index contributed by atoms with van der Waals surface area (Å²) < 4.78 is 32.6. The molecule has 1 aromatic heterocycles. The number of ether oxygens (including phenoxy) is 1. The normalized spacial score (nSPS) is 10.9. The Hall–Kier alpha value is -2.80. The van der Waals surface area contributed by atoms with Crippen molar-refractivity contribution in [3.8, 4) is 16.3 Å². The van der Waals surface area contributed by atoms with Crippen LogP contribution in [0.1, 0.15) is 29.9 Å². The molecule has 0 radical (unpaired) electrons. The molecular weight excluding hydrogens is 382 g/mol. The van der Waals surface area contributed by atoms with Gasteiger partial charge < -0.3 is 9.64 Å². The van der Waals surface area contributed by atoms with Crippen molar-refractivity contribution in [2.75, 3.05) is 7.05 Å². The van der Waals surface area contributed by atoms with Gasteiger partial charge in [0, 0.05) is 29.6 Å². The molecule has 0 N–H and O–H groups in total. The first kappa shape index (κ1) is 19.9. The predicted octanol–water partition coefficient (Wildman–Crippen LogP) is 5.15. The lowest BCUT2D eigenvalue weighted by Crippen LogP contribution is -2.33. The molecule has 0 saturated carbocycles. The van der Waals surface area contributed by atoms with E-state index < -0.39 is 11.6 Å². The fourth-order valence-electron chi connectivity index (χ4n) is 2.45. The van der Waals surface area contributed by atoms with Gasteiger partial charge in [-0.1, -0.05) is 12.1 Å². The van der Waals surface area contributed by atoms with Crippen LogP contribution in [-0.4, -0.2) is 28.9 Å². The summed E-state index contributed by atoms with van der Waals surface area (Å²) in [5.74, 6) is -0.662. The van der Waals surface area contributed by atoms with Crippen molar-refractivity contribution in [1.82, 2.24) is 9.88 Å². The largest absolute Gasteiger partial charge is 0.489 e. The maximum absolute atomic E-state index is 13.7. The van der Waals surface area contributed by atoms with E-state index in [-0.39, 0.29) is 24.1 Å². The summed E-state index contributed by atoms with van der Waals surface area (Å²) in [6, 6.07) is 10.5. The lowest BCUT2D eigenvalue weighted by molar-refractivity contribution is 0.0750. The summed E-state index contributed by atoms with van der Waals surface area (Å²) in [5, 5.41) is 2.41. The van der Waals surface area contributed by atoms with Crippen LogP contribution < -0.4 is 4.74 Å². The molecule has 0 aliphatic rings. The highest BCUT2D eigenvalue weighted by Gasteiger charge is 2.18. The van der Waals surface area contributed by atoms with Crippen molar-refractivity contribution in [2.24, 2.45) is 0 Å². The molecular formula is C21H20F2N2O2S. The number of rotatable bonds is 6. The molecule has 0 aliphatic carbocycles. The third-order valence-corrected chi connectivity index (χ3v) is 5.19. The highest BCUT2D eigenvalue weighted by Crippen LogP contribution is 2.28. The second-order valence-corrected chi connectivity index (χ2v) is 7.46. The van der Waals surface area contributed by atoms with Crippen LogP contribution in [0.25, 0.3) is 10.6 Å². The van der Waals surface area contributed by atoms with E-state index in [9.17, 15) is 13.6 Å². The first-order valence-corrected chi connectivity index (χ1v) is 9.63. The van der Waals surface area contributed by atoms with Gasteiger partial charge in [-0.15, -0.1) is 11.3 Å². The lowest BCUT2D eigenvalue weighted by Gasteiger charge is -2.19. The molecule has 0 unspecified atom stereocenters. The van der Waals surface area contributed by atoms with E-state index in [0.29, 0.717) is 16.5 Å². The summed E-state index contributed by atoms with van der Waals surface area (Å²) in [6.07, 6.45) is 0. The smallest absolute Gasteiger partial charge is 0.273 e. The average Bonchev–Trinajstić information content (AvgIpc) is 3.18. The van der Waals surface area contributed by atoms with Crippen molar-refractivity contribution < 1.29 is 18.3 Å². The minimum absolute atomic E-state index is 0.0811. The summed E-state index contributed by atoms with van der Waals surface area (Å²) in [4.78, 5) is 18.5. The number of carbonyl (C=O) groups excluding carboxylic acids is 1. The van der Waals surface area contributed by atoms with Gasteiger partial charge >= 0.3 is 0 Å². The first-order chi connectivity index (χ1) is 13.3. The van der Waals surface area contributed by atoms with Gasteiger partial charge in [0.05, 0.1) is 0 Å². The van der Waals surface area contributed by atoms with Gasteiger partial charge in [-0.2, -0.15) is 0 Å². The Morgan fingerprint density at radius 3 is 2.75 bits per heavy atom. The monoisotopic (exact) mass is 402 g/mol. The number of hydrogen-bond acceptors (Lipinski definition) is 4. The van der Waals surface area contributed by atoms with Crippen molar-refractivity contribution in [1.29, 1.82) is 0 Å². The van der Waals surface area contributed by atoms with Crippen LogP contribution in [0.3, 0.4) is 0 Å². The Morgan fingerprint density at radius 2 is 2.00 bits per heavy atom. The number of halogens is 2. The maximum Gasteiger partial charge on any atom is 0.273 e. The lowest BCUT2D eigenvalue weighted by atomic mass is 10.2. The molecule has 146 valence electrons.